The summed E-state index contributed by atoms with van der Waals surface area (Å²) in [5.74, 6) is -1.98. The van der Waals surface area contributed by atoms with Crippen molar-refractivity contribution >= 4 is 52.6 Å². The number of hydrogen-bond donors (Lipinski definition) is 4. The number of para-hydroxylation sites is 1. The largest absolute Gasteiger partial charge is 0.505 e. The van der Waals surface area contributed by atoms with Crippen LogP contribution in [-0.4, -0.2) is 39.9 Å². The van der Waals surface area contributed by atoms with Gasteiger partial charge in [0.15, 0.2) is 23.0 Å². The van der Waals surface area contributed by atoms with E-state index in [0.717, 1.165) is 46.1 Å². The molecule has 0 aliphatic rings. The molecule has 6 nitrogen and oxygen atoms in total. The molecule has 0 spiro atoms. The zero-order valence-electron chi connectivity index (χ0n) is 28.6. The molecule has 6 aromatic carbocycles. The zero-order chi connectivity index (χ0) is 35.1. The number of anilines is 2. The maximum absolute atomic E-state index is 11.1. The molecule has 1 heterocycles. The lowest BCUT2D eigenvalue weighted by Gasteiger charge is -2.21. The van der Waals surface area contributed by atoms with Crippen LogP contribution in [0.3, 0.4) is 0 Å². The minimum absolute atomic E-state index is 0.000490. The van der Waals surface area contributed by atoms with E-state index in [1.54, 1.807) is 4.57 Å². The molecule has 0 fully saturated rings. The molecule has 7 heteroatoms. The summed E-state index contributed by atoms with van der Waals surface area (Å²) in [6.45, 7) is 4.36. The number of aromatic hydroxyl groups is 4. The van der Waals surface area contributed by atoms with Crippen molar-refractivity contribution in [2.45, 2.75) is 26.7 Å². The van der Waals surface area contributed by atoms with Crippen molar-refractivity contribution in [1.29, 1.82) is 0 Å². The lowest BCUT2D eigenvalue weighted by Crippen LogP contribution is -2.09. The van der Waals surface area contributed by atoms with Crippen LogP contribution < -0.4 is 10.4 Å². The summed E-state index contributed by atoms with van der Waals surface area (Å²) >= 11 is 0. The van der Waals surface area contributed by atoms with E-state index < -0.39 is 23.0 Å². The number of phenolic OH excluding ortho intramolecular Hbond substituents is 4. The van der Waals surface area contributed by atoms with Crippen LogP contribution in [0.15, 0.2) is 115 Å². The molecule has 0 unspecified atom stereocenters. The zero-order valence-corrected chi connectivity index (χ0v) is 28.6. The average molecular weight is 659 g/mol. The average Bonchev–Trinajstić information content (AvgIpc) is 3.49. The van der Waals surface area contributed by atoms with Crippen LogP contribution in [0, 0.1) is 0 Å². The van der Waals surface area contributed by atoms with E-state index in [1.807, 2.05) is 42.5 Å². The molecule has 0 aliphatic carbocycles. The molecule has 0 aliphatic heterocycles. The summed E-state index contributed by atoms with van der Waals surface area (Å²) in [5, 5.41) is 45.2. The molecule has 7 aromatic rings. The molecule has 0 amide bonds. The third kappa shape index (κ3) is 5.32. The second-order valence-corrected chi connectivity index (χ2v) is 12.6. The number of rotatable bonds is 8. The van der Waals surface area contributed by atoms with Crippen LogP contribution >= 0.6 is 0 Å². The van der Waals surface area contributed by atoms with Gasteiger partial charge in [0.05, 0.1) is 11.0 Å². The Hall–Kier alpha value is -6.08. The van der Waals surface area contributed by atoms with Crippen molar-refractivity contribution in [1.82, 2.24) is 4.57 Å². The number of nitrogens with zero attached hydrogens (tertiary/aromatic N) is 2. The third-order valence-electron chi connectivity index (χ3n) is 9.74. The third-order valence-corrected chi connectivity index (χ3v) is 9.74. The molecule has 0 saturated heterocycles. The van der Waals surface area contributed by atoms with E-state index in [9.17, 15) is 20.4 Å². The van der Waals surface area contributed by atoms with Gasteiger partial charge in [0.2, 0.25) is 0 Å². The van der Waals surface area contributed by atoms with E-state index in [-0.39, 0.29) is 11.2 Å². The highest BCUT2D eigenvalue weighted by Gasteiger charge is 2.26. The fourth-order valence-electron chi connectivity index (χ4n) is 7.08. The Bertz CT molecular complexity index is 2400. The lowest BCUT2D eigenvalue weighted by atomic mass is 9.92. The van der Waals surface area contributed by atoms with Gasteiger partial charge >= 0.3 is 0 Å². The summed E-state index contributed by atoms with van der Waals surface area (Å²) < 4.78 is 1.69. The smallest absolute Gasteiger partial charge is 0.185 e. The highest BCUT2D eigenvalue weighted by Crippen LogP contribution is 2.47. The van der Waals surface area contributed by atoms with Gasteiger partial charge in [-0.15, -0.1) is 0 Å². The van der Waals surface area contributed by atoms with Gasteiger partial charge in [-0.25, -0.2) is 0 Å². The van der Waals surface area contributed by atoms with Gasteiger partial charge < -0.3 is 29.9 Å². The van der Waals surface area contributed by atoms with Crippen molar-refractivity contribution < 1.29 is 20.4 Å². The summed E-state index contributed by atoms with van der Waals surface area (Å²) in [6.07, 6.45) is 6.40. The number of hydrogen-bond acceptors (Lipinski definition) is 5. The van der Waals surface area contributed by atoms with Gasteiger partial charge in [-0.2, -0.15) is 0 Å². The van der Waals surface area contributed by atoms with Crippen molar-refractivity contribution in [3.05, 3.63) is 126 Å². The quantitative estimate of drug-likeness (QED) is 0.0744. The Labute approximate surface area is 292 Å². The Kier molecular flexibility index (Phi) is 8.50. The molecule has 0 radical (unpaired) electrons. The van der Waals surface area contributed by atoms with Crippen molar-refractivity contribution in [2.24, 2.45) is 0 Å². The summed E-state index contributed by atoms with van der Waals surface area (Å²) in [7, 11) is 3.50. The number of aromatic nitrogens is 1. The van der Waals surface area contributed by atoms with E-state index in [2.05, 4.69) is 105 Å². The first kappa shape index (κ1) is 32.5. The molecule has 7 rings (SSSR count). The van der Waals surface area contributed by atoms with Crippen LogP contribution in [0.2, 0.25) is 0 Å². The van der Waals surface area contributed by atoms with Crippen LogP contribution in [0.5, 0.6) is 23.0 Å². The van der Waals surface area contributed by atoms with Crippen LogP contribution in [0.1, 0.15) is 31.4 Å². The summed E-state index contributed by atoms with van der Waals surface area (Å²) in [4.78, 5) is 2.17. The minimum atomic E-state index is -0.507. The Morgan fingerprint density at radius 2 is 1.32 bits per heavy atom. The molecule has 0 atom stereocenters. The molecular formula is C43H39BN2O4. The van der Waals surface area contributed by atoms with Gasteiger partial charge in [0.1, 0.15) is 13.5 Å². The second-order valence-electron chi connectivity index (χ2n) is 12.6. The number of fused-ring (bicyclic) bond motifs is 3. The summed E-state index contributed by atoms with van der Waals surface area (Å²) in [5.41, 5.74) is 10.4. The molecule has 4 N–H and O–H groups in total. The maximum atomic E-state index is 11.1. The first-order valence-corrected chi connectivity index (χ1v) is 17.0. The molecule has 0 saturated carbocycles. The summed E-state index contributed by atoms with van der Waals surface area (Å²) in [6, 6.07) is 37.2. The first-order chi connectivity index (χ1) is 24.2. The van der Waals surface area contributed by atoms with Crippen molar-refractivity contribution in [3.8, 4) is 50.9 Å². The molecule has 0 bridgehead atoms. The van der Waals surface area contributed by atoms with Gasteiger partial charge in [-0.3, -0.25) is 0 Å². The van der Waals surface area contributed by atoms with Crippen molar-refractivity contribution in [3.63, 3.8) is 0 Å². The van der Waals surface area contributed by atoms with E-state index in [4.69, 9.17) is 0 Å². The number of allylic oxidation sites excluding steroid dienone is 1. The van der Waals surface area contributed by atoms with Gasteiger partial charge in [0, 0.05) is 34.7 Å². The fraction of sp³-hybridized carbons (Fsp3) is 0.116. The Morgan fingerprint density at radius 3 is 2.04 bits per heavy atom. The Morgan fingerprint density at radius 1 is 0.660 bits per heavy atom. The first-order valence-electron chi connectivity index (χ1n) is 17.0. The van der Waals surface area contributed by atoms with E-state index in [1.165, 1.54) is 30.1 Å². The van der Waals surface area contributed by atoms with Gasteiger partial charge in [-0.1, -0.05) is 98.8 Å². The highest BCUT2D eigenvalue weighted by molar-refractivity contribution is 6.37. The SMILES string of the molecule is Bc1c(O)c(O)c(-n2c3ccccc3c3c(-c4cccc(N(C)c5ccc(-c6cccc(/C=C\CC)c6CC)cc5)c4)cccc32)c(O)c1O. The van der Waals surface area contributed by atoms with Crippen LogP contribution in [0.25, 0.3) is 55.8 Å². The predicted molar refractivity (Wildman–Crippen MR) is 210 cm³/mol. The van der Waals surface area contributed by atoms with Crippen molar-refractivity contribution in [2.75, 3.05) is 11.9 Å². The number of benzene rings is 6. The second kappa shape index (κ2) is 13.1. The topological polar surface area (TPSA) is 89.1 Å². The van der Waals surface area contributed by atoms with Gasteiger partial charge in [0.25, 0.3) is 0 Å². The normalized spacial score (nSPS) is 11.6. The minimum Gasteiger partial charge on any atom is -0.505 e. The van der Waals surface area contributed by atoms with Gasteiger partial charge in [-0.05, 0) is 82.6 Å². The van der Waals surface area contributed by atoms with Crippen LogP contribution in [-0.2, 0) is 6.42 Å². The van der Waals surface area contributed by atoms with Crippen LogP contribution in [0.4, 0.5) is 11.4 Å². The monoisotopic (exact) mass is 658 g/mol. The Balaban J connectivity index is 1.30. The molecular weight excluding hydrogens is 619 g/mol. The molecule has 50 heavy (non-hydrogen) atoms. The molecule has 1 aromatic heterocycles. The maximum Gasteiger partial charge on any atom is 0.185 e. The lowest BCUT2D eigenvalue weighted by molar-refractivity contribution is 0.376. The number of phenols is 4. The van der Waals surface area contributed by atoms with E-state index in [0.29, 0.717) is 11.0 Å². The fourth-order valence-corrected chi connectivity index (χ4v) is 7.08. The standard InChI is InChI=1S/C43H39BN2O4/c1-4-6-12-26-13-10-17-32(31(26)5-2)27-21-23-29(24-22-27)45(3)30-15-9-14-28(25-30)33-18-11-20-36-37(33)34-16-7-8-19-35(34)46(36)39-42(49)40(47)38(44)41(48)43(39)50/h6-25,47-50H,4-5,44H2,1-3H3/b12-6-. The predicted octanol–water partition coefficient (Wildman–Crippen LogP) is 8.95. The van der Waals surface area contributed by atoms with E-state index >= 15 is 0 Å². The molecule has 248 valence electrons. The highest BCUT2D eigenvalue weighted by atomic mass is 16.3.